The van der Waals surface area contributed by atoms with Crippen molar-refractivity contribution in [2.24, 2.45) is 11.3 Å². The minimum absolute atomic E-state index is 0.0556. The van der Waals surface area contributed by atoms with E-state index in [2.05, 4.69) is 0 Å². The van der Waals surface area contributed by atoms with Crippen LogP contribution in [-0.4, -0.2) is 23.3 Å². The first-order chi connectivity index (χ1) is 5.88. The smallest absolute Gasteiger partial charge is 0.233 e. The molecule has 1 radical (unpaired) electrons. The molecule has 0 aliphatic carbocycles. The zero-order chi connectivity index (χ0) is 10.2. The van der Waals surface area contributed by atoms with Crippen LogP contribution in [0.3, 0.4) is 0 Å². The molecule has 0 aromatic rings. The summed E-state index contributed by atoms with van der Waals surface area (Å²) in [4.78, 5) is 24.3. The molecule has 3 nitrogen and oxygen atoms in total. The van der Waals surface area contributed by atoms with E-state index in [1.807, 2.05) is 27.7 Å². The van der Waals surface area contributed by atoms with Gasteiger partial charge in [-0.15, -0.1) is 0 Å². The molecule has 73 valence electrons. The van der Waals surface area contributed by atoms with Crippen molar-refractivity contribution in [2.45, 2.75) is 27.7 Å². The average Bonchev–Trinajstić information content (AvgIpc) is 2.25. The molecule has 0 aromatic carbocycles. The summed E-state index contributed by atoms with van der Waals surface area (Å²) < 4.78 is 0. The second kappa shape index (κ2) is 3.13. The Morgan fingerprint density at radius 3 is 2.15 bits per heavy atom. The molecule has 0 saturated carbocycles. The quantitative estimate of drug-likeness (QED) is 0.572. The minimum atomic E-state index is -0.250. The van der Waals surface area contributed by atoms with Gasteiger partial charge in [0.1, 0.15) is 0 Å². The summed E-state index contributed by atoms with van der Waals surface area (Å²) in [5.74, 6) is -0.452. The van der Waals surface area contributed by atoms with Crippen LogP contribution in [0, 0.1) is 17.8 Å². The molecule has 1 atom stereocenters. The predicted molar refractivity (Wildman–Crippen MR) is 49.6 cm³/mol. The van der Waals surface area contributed by atoms with Crippen molar-refractivity contribution in [3.05, 3.63) is 6.42 Å². The zero-order valence-corrected chi connectivity index (χ0v) is 8.63. The van der Waals surface area contributed by atoms with Crippen molar-refractivity contribution in [1.82, 2.24) is 4.90 Å². The van der Waals surface area contributed by atoms with Crippen molar-refractivity contribution >= 4 is 11.8 Å². The van der Waals surface area contributed by atoms with Crippen molar-refractivity contribution < 1.29 is 9.59 Å². The predicted octanol–water partition coefficient (Wildman–Crippen LogP) is 1.24. The van der Waals surface area contributed by atoms with Gasteiger partial charge in [-0.25, -0.2) is 0 Å². The van der Waals surface area contributed by atoms with Crippen molar-refractivity contribution in [3.8, 4) is 0 Å². The summed E-state index contributed by atoms with van der Waals surface area (Å²) >= 11 is 0. The fourth-order valence-electron chi connectivity index (χ4n) is 1.51. The molecule has 0 N–H and O–H groups in total. The Bertz CT molecular complexity index is 240. The highest BCUT2D eigenvalue weighted by Gasteiger charge is 2.44. The van der Waals surface area contributed by atoms with E-state index in [4.69, 9.17) is 0 Å². The summed E-state index contributed by atoms with van der Waals surface area (Å²) in [6, 6.07) is 0. The second-order valence-electron chi connectivity index (χ2n) is 4.43. The van der Waals surface area contributed by atoms with Gasteiger partial charge >= 0.3 is 0 Å². The Hall–Kier alpha value is -0.860. The summed E-state index contributed by atoms with van der Waals surface area (Å²) in [6.07, 6.45) is 1.53. The van der Waals surface area contributed by atoms with Crippen LogP contribution >= 0.6 is 0 Å². The Morgan fingerprint density at radius 1 is 1.38 bits per heavy atom. The van der Waals surface area contributed by atoms with Gasteiger partial charge in [-0.05, 0) is 12.3 Å². The first kappa shape index (κ1) is 10.2. The number of imide groups is 1. The number of hydrogen-bond donors (Lipinski definition) is 0. The monoisotopic (exact) mass is 182 g/mol. The van der Waals surface area contributed by atoms with E-state index in [9.17, 15) is 9.59 Å². The molecule has 1 rings (SSSR count). The molecule has 0 bridgehead atoms. The molecular weight excluding hydrogens is 166 g/mol. The highest BCUT2D eigenvalue weighted by atomic mass is 16.2. The molecule has 0 aromatic heterocycles. The lowest BCUT2D eigenvalue weighted by Crippen LogP contribution is -2.33. The lowest BCUT2D eigenvalue weighted by Gasteiger charge is -2.24. The van der Waals surface area contributed by atoms with Crippen LogP contribution in [0.2, 0.25) is 0 Å². The molecule has 0 spiro atoms. The number of carbonyl (C=O) groups is 2. The molecular formula is C10H16NO2. The number of likely N-dealkylation sites (tertiary alicyclic amines) is 1. The fourth-order valence-corrected chi connectivity index (χ4v) is 1.51. The third kappa shape index (κ3) is 1.74. The molecule has 1 aliphatic heterocycles. The third-order valence-electron chi connectivity index (χ3n) is 2.36. The van der Waals surface area contributed by atoms with E-state index in [0.29, 0.717) is 6.54 Å². The number of carbonyl (C=O) groups excluding carboxylic acids is 2. The maximum absolute atomic E-state index is 11.7. The summed E-state index contributed by atoms with van der Waals surface area (Å²) in [6.45, 7) is 8.20. The normalized spacial score (nSPS) is 24.3. The van der Waals surface area contributed by atoms with Crippen molar-refractivity contribution in [1.29, 1.82) is 0 Å². The first-order valence-electron chi connectivity index (χ1n) is 4.58. The Labute approximate surface area is 79.1 Å². The summed E-state index contributed by atoms with van der Waals surface area (Å²) in [5, 5.41) is 0. The Kier molecular flexibility index (Phi) is 2.46. The van der Waals surface area contributed by atoms with Gasteiger partial charge in [0.05, 0.1) is 12.3 Å². The SMILES string of the molecule is CCN1C(=O)[CH]C(C(C)(C)C)C1=O. The Balaban J connectivity index is 2.85. The fraction of sp³-hybridized carbons (Fsp3) is 0.700. The van der Waals surface area contributed by atoms with Crippen LogP contribution in [0.4, 0.5) is 0 Å². The van der Waals surface area contributed by atoms with E-state index in [1.54, 1.807) is 0 Å². The highest BCUT2D eigenvalue weighted by Crippen LogP contribution is 2.34. The number of nitrogens with zero attached hydrogens (tertiary/aromatic N) is 1. The lowest BCUT2D eigenvalue weighted by molar-refractivity contribution is -0.139. The van der Waals surface area contributed by atoms with Crippen LogP contribution < -0.4 is 0 Å². The topological polar surface area (TPSA) is 37.4 Å². The van der Waals surface area contributed by atoms with E-state index >= 15 is 0 Å². The van der Waals surface area contributed by atoms with Crippen LogP contribution in [0.15, 0.2) is 0 Å². The maximum Gasteiger partial charge on any atom is 0.233 e. The standard InChI is InChI=1S/C10H16NO2/c1-5-11-8(12)6-7(9(11)13)10(2,3)4/h6-7H,5H2,1-4H3. The lowest BCUT2D eigenvalue weighted by atomic mass is 9.80. The van der Waals surface area contributed by atoms with Gasteiger partial charge in [-0.2, -0.15) is 0 Å². The van der Waals surface area contributed by atoms with Gasteiger partial charge < -0.3 is 0 Å². The van der Waals surface area contributed by atoms with E-state index < -0.39 is 0 Å². The van der Waals surface area contributed by atoms with Gasteiger partial charge in [-0.1, -0.05) is 20.8 Å². The second-order valence-corrected chi connectivity index (χ2v) is 4.43. The molecule has 1 fully saturated rings. The van der Waals surface area contributed by atoms with Gasteiger partial charge in [-0.3, -0.25) is 14.5 Å². The molecule has 1 heterocycles. The molecule has 1 unspecified atom stereocenters. The Morgan fingerprint density at radius 2 is 1.92 bits per heavy atom. The maximum atomic E-state index is 11.7. The zero-order valence-electron chi connectivity index (χ0n) is 8.63. The van der Waals surface area contributed by atoms with E-state index in [0.717, 1.165) is 0 Å². The van der Waals surface area contributed by atoms with Crippen molar-refractivity contribution in [3.63, 3.8) is 0 Å². The number of amides is 2. The van der Waals surface area contributed by atoms with Gasteiger partial charge in [0, 0.05) is 6.54 Å². The van der Waals surface area contributed by atoms with Crippen molar-refractivity contribution in [2.75, 3.05) is 6.54 Å². The highest BCUT2D eigenvalue weighted by molar-refractivity contribution is 6.09. The number of hydrogen-bond acceptors (Lipinski definition) is 2. The van der Waals surface area contributed by atoms with Gasteiger partial charge in [0.15, 0.2) is 0 Å². The van der Waals surface area contributed by atoms with Crippen LogP contribution in [0.1, 0.15) is 27.7 Å². The first-order valence-corrected chi connectivity index (χ1v) is 4.58. The largest absolute Gasteiger partial charge is 0.282 e. The summed E-state index contributed by atoms with van der Waals surface area (Å²) in [5.41, 5.74) is -0.156. The van der Waals surface area contributed by atoms with Gasteiger partial charge in [0.2, 0.25) is 11.8 Å². The molecule has 2 amide bonds. The number of rotatable bonds is 1. The van der Waals surface area contributed by atoms with Crippen LogP contribution in [-0.2, 0) is 9.59 Å². The molecule has 1 aliphatic rings. The summed E-state index contributed by atoms with van der Waals surface area (Å²) in [7, 11) is 0. The van der Waals surface area contributed by atoms with E-state index in [-0.39, 0.29) is 23.1 Å². The third-order valence-corrected chi connectivity index (χ3v) is 2.36. The van der Waals surface area contributed by atoms with Crippen LogP contribution in [0.5, 0.6) is 0 Å². The average molecular weight is 182 g/mol. The molecule has 1 saturated heterocycles. The molecule has 13 heavy (non-hydrogen) atoms. The van der Waals surface area contributed by atoms with Gasteiger partial charge in [0.25, 0.3) is 0 Å². The molecule has 3 heteroatoms. The van der Waals surface area contributed by atoms with Crippen LogP contribution in [0.25, 0.3) is 0 Å². The minimum Gasteiger partial charge on any atom is -0.282 e. The van der Waals surface area contributed by atoms with E-state index in [1.165, 1.54) is 11.3 Å².